The van der Waals surface area contributed by atoms with E-state index in [4.69, 9.17) is 5.11 Å². The topological polar surface area (TPSA) is 98.1 Å². The highest BCUT2D eigenvalue weighted by atomic mass is 16.4. The zero-order valence-electron chi connectivity index (χ0n) is 15.6. The highest BCUT2D eigenvalue weighted by Gasteiger charge is 2.49. The lowest BCUT2D eigenvalue weighted by molar-refractivity contribution is -0.165. The number of aliphatic hydroxyl groups excluding tert-OH is 2. The van der Waals surface area contributed by atoms with Gasteiger partial charge in [0.05, 0.1) is 19.1 Å². The lowest BCUT2D eigenvalue weighted by Crippen LogP contribution is -2.57. The van der Waals surface area contributed by atoms with Gasteiger partial charge in [-0.25, -0.2) is 0 Å². The van der Waals surface area contributed by atoms with Gasteiger partial charge < -0.3 is 20.2 Å². The van der Waals surface area contributed by atoms with Crippen LogP contribution in [0.1, 0.15) is 23.1 Å². The number of carbonyl (C=O) groups excluding carboxylic acids is 1. The van der Waals surface area contributed by atoms with Crippen LogP contribution < -0.4 is 0 Å². The van der Waals surface area contributed by atoms with Crippen molar-refractivity contribution in [3.05, 3.63) is 71.3 Å². The molecule has 3 rings (SSSR count). The molecule has 2 aromatic carbocycles. The van der Waals surface area contributed by atoms with E-state index in [1.807, 2.05) is 30.3 Å². The Morgan fingerprint density at radius 1 is 1.00 bits per heavy atom. The lowest BCUT2D eigenvalue weighted by atomic mass is 9.71. The average Bonchev–Trinajstić information content (AvgIpc) is 2.70. The molecule has 0 aliphatic carbocycles. The van der Waals surface area contributed by atoms with Gasteiger partial charge in [0, 0.05) is 13.1 Å². The first-order valence-corrected chi connectivity index (χ1v) is 9.36. The van der Waals surface area contributed by atoms with Crippen molar-refractivity contribution < 1.29 is 24.9 Å². The second kappa shape index (κ2) is 8.54. The summed E-state index contributed by atoms with van der Waals surface area (Å²) in [6.07, 6.45) is -0.528. The average molecular weight is 383 g/mol. The minimum absolute atomic E-state index is 0.00664. The van der Waals surface area contributed by atoms with Gasteiger partial charge in [-0.1, -0.05) is 54.6 Å². The maximum atomic E-state index is 12.6. The molecular weight excluding hydrogens is 358 g/mol. The minimum Gasteiger partial charge on any atom is -0.481 e. The fourth-order valence-corrected chi connectivity index (χ4v) is 3.74. The normalized spacial score (nSPS) is 22.1. The van der Waals surface area contributed by atoms with Crippen LogP contribution in [0.15, 0.2) is 54.6 Å². The predicted octanol–water partition coefficient (Wildman–Crippen LogP) is 1.63. The number of nitrogens with zero attached hydrogens (tertiary/aromatic N) is 1. The Labute approximate surface area is 164 Å². The molecule has 1 fully saturated rings. The third kappa shape index (κ3) is 4.24. The first-order valence-electron chi connectivity index (χ1n) is 9.36. The second-order valence-electron chi connectivity index (χ2n) is 7.38. The van der Waals surface area contributed by atoms with Crippen molar-refractivity contribution in [2.45, 2.75) is 32.0 Å². The van der Waals surface area contributed by atoms with Crippen molar-refractivity contribution in [1.29, 1.82) is 0 Å². The molecule has 1 aliphatic rings. The summed E-state index contributed by atoms with van der Waals surface area (Å²) in [5.74, 6) is -1.18. The molecule has 6 heteroatoms. The highest BCUT2D eigenvalue weighted by Crippen LogP contribution is 2.36. The molecule has 1 amide bonds. The van der Waals surface area contributed by atoms with E-state index < -0.39 is 17.5 Å². The van der Waals surface area contributed by atoms with Crippen LogP contribution >= 0.6 is 0 Å². The molecular formula is C22H25NO5. The predicted molar refractivity (Wildman–Crippen MR) is 103 cm³/mol. The molecule has 3 N–H and O–H groups in total. The van der Waals surface area contributed by atoms with E-state index in [2.05, 4.69) is 0 Å². The van der Waals surface area contributed by atoms with Crippen molar-refractivity contribution in [3.63, 3.8) is 0 Å². The minimum atomic E-state index is -1.29. The molecule has 28 heavy (non-hydrogen) atoms. The zero-order chi connectivity index (χ0) is 20.1. The van der Waals surface area contributed by atoms with E-state index in [1.165, 1.54) is 4.90 Å². The van der Waals surface area contributed by atoms with Crippen LogP contribution in [0.3, 0.4) is 0 Å². The van der Waals surface area contributed by atoms with Gasteiger partial charge in [0.25, 0.3) is 0 Å². The van der Waals surface area contributed by atoms with Crippen LogP contribution in [0.5, 0.6) is 0 Å². The molecule has 1 aliphatic heterocycles. The quantitative estimate of drug-likeness (QED) is 0.704. The number of aliphatic hydroxyl groups is 2. The third-order valence-corrected chi connectivity index (χ3v) is 5.56. The summed E-state index contributed by atoms with van der Waals surface area (Å²) in [5, 5.41) is 29.6. The second-order valence-corrected chi connectivity index (χ2v) is 7.38. The van der Waals surface area contributed by atoms with Gasteiger partial charge in [0.2, 0.25) is 5.91 Å². The van der Waals surface area contributed by atoms with Gasteiger partial charge in [-0.05, 0) is 29.5 Å². The maximum absolute atomic E-state index is 12.6. The number of aliphatic carboxylic acids is 1. The molecule has 0 unspecified atom stereocenters. The van der Waals surface area contributed by atoms with Crippen LogP contribution in [-0.2, 0) is 29.0 Å². The van der Waals surface area contributed by atoms with Crippen LogP contribution in [-0.4, -0.2) is 51.3 Å². The van der Waals surface area contributed by atoms with Crippen LogP contribution in [0.25, 0.3) is 0 Å². The molecule has 0 aromatic heterocycles. The molecule has 0 spiro atoms. The fraction of sp³-hybridized carbons (Fsp3) is 0.364. The fourth-order valence-electron chi connectivity index (χ4n) is 3.74. The number of benzene rings is 2. The summed E-state index contributed by atoms with van der Waals surface area (Å²) in [5.41, 5.74) is 1.15. The Morgan fingerprint density at radius 3 is 2.21 bits per heavy atom. The Hall–Kier alpha value is -2.70. The molecule has 1 saturated heterocycles. The maximum Gasteiger partial charge on any atom is 0.312 e. The molecule has 0 radical (unpaired) electrons. The molecule has 148 valence electrons. The number of hydrogen-bond acceptors (Lipinski definition) is 4. The molecule has 1 heterocycles. The van der Waals surface area contributed by atoms with Crippen molar-refractivity contribution in [3.8, 4) is 0 Å². The standard InChI is InChI=1S/C22H25NO5/c24-15-18-8-6-16(7-9-18)12-20(26)23-11-10-22(21(27)28,19(25)14-23)13-17-4-2-1-3-5-17/h1-9,19,24-25H,10-15H2,(H,27,28)/t19-,22+/m0/s1. The van der Waals surface area contributed by atoms with Crippen molar-refractivity contribution >= 4 is 11.9 Å². The summed E-state index contributed by atoms with van der Waals surface area (Å²) < 4.78 is 0. The number of hydrogen-bond donors (Lipinski definition) is 3. The van der Waals surface area contributed by atoms with Gasteiger partial charge >= 0.3 is 5.97 Å². The van der Waals surface area contributed by atoms with Gasteiger partial charge in [0.1, 0.15) is 5.41 Å². The molecule has 0 saturated carbocycles. The molecule has 0 bridgehead atoms. The number of β-amino-alcohol motifs (C(OH)–C–C–N with tert-alkyl or cyclic N) is 1. The number of rotatable bonds is 6. The van der Waals surface area contributed by atoms with E-state index >= 15 is 0 Å². The number of piperidine rings is 1. The third-order valence-electron chi connectivity index (χ3n) is 5.56. The van der Waals surface area contributed by atoms with E-state index in [9.17, 15) is 19.8 Å². The van der Waals surface area contributed by atoms with Crippen molar-refractivity contribution in [2.75, 3.05) is 13.1 Å². The first-order chi connectivity index (χ1) is 13.4. The Bertz CT molecular complexity index is 821. The van der Waals surface area contributed by atoms with Gasteiger partial charge in [-0.15, -0.1) is 0 Å². The van der Waals surface area contributed by atoms with Gasteiger partial charge in [0.15, 0.2) is 0 Å². The summed E-state index contributed by atoms with van der Waals surface area (Å²) in [6, 6.07) is 16.4. The summed E-state index contributed by atoms with van der Waals surface area (Å²) in [4.78, 5) is 26.2. The highest BCUT2D eigenvalue weighted by molar-refractivity contribution is 5.80. The van der Waals surface area contributed by atoms with E-state index in [0.29, 0.717) is 6.54 Å². The van der Waals surface area contributed by atoms with Gasteiger partial charge in [-0.2, -0.15) is 0 Å². The van der Waals surface area contributed by atoms with E-state index in [-0.39, 0.29) is 38.3 Å². The smallest absolute Gasteiger partial charge is 0.312 e. The Morgan fingerprint density at radius 2 is 1.64 bits per heavy atom. The van der Waals surface area contributed by atoms with Gasteiger partial charge in [-0.3, -0.25) is 9.59 Å². The molecule has 6 nitrogen and oxygen atoms in total. The zero-order valence-corrected chi connectivity index (χ0v) is 15.6. The first kappa shape index (κ1) is 20.0. The van der Waals surface area contributed by atoms with E-state index in [1.54, 1.807) is 24.3 Å². The number of carboxylic acid groups (broad SMARTS) is 1. The number of carbonyl (C=O) groups is 2. The lowest BCUT2D eigenvalue weighted by Gasteiger charge is -2.43. The Kier molecular flexibility index (Phi) is 6.11. The number of likely N-dealkylation sites (tertiary alicyclic amines) is 1. The SMILES string of the molecule is O=C(Cc1ccc(CO)cc1)N1CC[C@](Cc2ccccc2)(C(=O)O)[C@@H](O)C1. The van der Waals surface area contributed by atoms with Crippen molar-refractivity contribution in [2.24, 2.45) is 5.41 Å². The van der Waals surface area contributed by atoms with Crippen LogP contribution in [0.4, 0.5) is 0 Å². The summed E-state index contributed by atoms with van der Waals surface area (Å²) >= 11 is 0. The number of carboxylic acids is 1. The molecule has 2 atom stereocenters. The molecule has 2 aromatic rings. The summed E-state index contributed by atoms with van der Waals surface area (Å²) in [6.45, 7) is 0.252. The van der Waals surface area contributed by atoms with Crippen LogP contribution in [0, 0.1) is 5.41 Å². The Balaban J connectivity index is 1.68. The monoisotopic (exact) mass is 383 g/mol. The van der Waals surface area contributed by atoms with Crippen molar-refractivity contribution in [1.82, 2.24) is 4.90 Å². The van der Waals surface area contributed by atoms with Crippen LogP contribution in [0.2, 0.25) is 0 Å². The summed E-state index contributed by atoms with van der Waals surface area (Å²) in [7, 11) is 0. The van der Waals surface area contributed by atoms with E-state index in [0.717, 1.165) is 16.7 Å². The number of amides is 1. The largest absolute Gasteiger partial charge is 0.481 e.